The molecule has 0 spiro atoms. The highest BCUT2D eigenvalue weighted by Gasteiger charge is 2.23. The monoisotopic (exact) mass is 209 g/mol. The minimum absolute atomic E-state index is 0.514. The minimum atomic E-state index is 0.514. The van der Waals surface area contributed by atoms with Crippen molar-refractivity contribution in [2.24, 2.45) is 5.73 Å². The Kier molecular flexibility index (Phi) is 2.80. The van der Waals surface area contributed by atoms with Crippen LogP contribution in [-0.4, -0.2) is 6.54 Å². The molecule has 2 N–H and O–H groups in total. The normalized spacial score (nSPS) is 25.9. The topological polar surface area (TPSA) is 26.0 Å². The SMILES string of the molecule is CC1CCC(CN)c2cc(Cl)ccc21. The lowest BCUT2D eigenvalue weighted by molar-refractivity contribution is 0.508. The van der Waals surface area contributed by atoms with E-state index in [0.29, 0.717) is 11.8 Å². The second-order valence-electron chi connectivity index (χ2n) is 4.18. The zero-order chi connectivity index (χ0) is 10.1. The molecule has 2 atom stereocenters. The largest absolute Gasteiger partial charge is 0.330 e. The lowest BCUT2D eigenvalue weighted by Gasteiger charge is -2.29. The van der Waals surface area contributed by atoms with Gasteiger partial charge in [-0.2, -0.15) is 0 Å². The molecule has 0 bridgehead atoms. The molecular weight excluding hydrogens is 194 g/mol. The Morgan fingerprint density at radius 3 is 2.86 bits per heavy atom. The highest BCUT2D eigenvalue weighted by atomic mass is 35.5. The van der Waals surface area contributed by atoms with Gasteiger partial charge in [0.05, 0.1) is 0 Å². The summed E-state index contributed by atoms with van der Waals surface area (Å²) in [5.74, 6) is 1.17. The summed E-state index contributed by atoms with van der Waals surface area (Å²) in [7, 11) is 0. The molecule has 2 unspecified atom stereocenters. The van der Waals surface area contributed by atoms with Crippen LogP contribution in [0.15, 0.2) is 18.2 Å². The molecule has 1 aliphatic carbocycles. The molecule has 1 aromatic rings. The summed E-state index contributed by atoms with van der Waals surface area (Å²) in [6, 6.07) is 6.23. The fraction of sp³-hybridized carbons (Fsp3) is 0.500. The molecule has 2 heteroatoms. The second-order valence-corrected chi connectivity index (χ2v) is 4.62. The maximum Gasteiger partial charge on any atom is 0.0409 e. The summed E-state index contributed by atoms with van der Waals surface area (Å²) in [4.78, 5) is 0. The standard InChI is InChI=1S/C12H16ClN/c1-8-2-3-9(7-14)12-6-10(13)4-5-11(8)12/h4-6,8-9H,2-3,7,14H2,1H3. The maximum absolute atomic E-state index is 6.01. The van der Waals surface area contributed by atoms with Crippen LogP contribution in [-0.2, 0) is 0 Å². The van der Waals surface area contributed by atoms with Crippen molar-refractivity contribution in [2.45, 2.75) is 31.6 Å². The first-order valence-corrected chi connectivity index (χ1v) is 5.59. The van der Waals surface area contributed by atoms with E-state index in [-0.39, 0.29) is 0 Å². The number of rotatable bonds is 1. The lowest BCUT2D eigenvalue weighted by Crippen LogP contribution is -2.19. The van der Waals surface area contributed by atoms with Gasteiger partial charge in [0, 0.05) is 5.02 Å². The van der Waals surface area contributed by atoms with Gasteiger partial charge in [-0.3, -0.25) is 0 Å². The zero-order valence-corrected chi connectivity index (χ0v) is 9.22. The first-order valence-electron chi connectivity index (χ1n) is 5.21. The first-order chi connectivity index (χ1) is 6.72. The number of hydrogen-bond donors (Lipinski definition) is 1. The summed E-state index contributed by atoms with van der Waals surface area (Å²) in [5, 5.41) is 0.830. The number of fused-ring (bicyclic) bond motifs is 1. The first kappa shape index (κ1) is 10.0. The number of nitrogens with two attached hydrogens (primary N) is 1. The van der Waals surface area contributed by atoms with Crippen molar-refractivity contribution in [2.75, 3.05) is 6.54 Å². The predicted molar refractivity (Wildman–Crippen MR) is 60.9 cm³/mol. The molecule has 0 saturated heterocycles. The third-order valence-electron chi connectivity index (χ3n) is 3.25. The van der Waals surface area contributed by atoms with Crippen molar-refractivity contribution < 1.29 is 0 Å². The van der Waals surface area contributed by atoms with Gasteiger partial charge in [-0.05, 0) is 54.5 Å². The van der Waals surface area contributed by atoms with Gasteiger partial charge in [0.15, 0.2) is 0 Å². The van der Waals surface area contributed by atoms with Crippen LogP contribution < -0.4 is 5.73 Å². The summed E-state index contributed by atoms with van der Waals surface area (Å²) in [6.45, 7) is 3.01. The van der Waals surface area contributed by atoms with Gasteiger partial charge in [0.1, 0.15) is 0 Å². The molecule has 14 heavy (non-hydrogen) atoms. The molecule has 1 aliphatic rings. The molecule has 76 valence electrons. The Morgan fingerprint density at radius 2 is 2.14 bits per heavy atom. The van der Waals surface area contributed by atoms with Crippen LogP contribution >= 0.6 is 11.6 Å². The van der Waals surface area contributed by atoms with Crippen LogP contribution in [0, 0.1) is 0 Å². The van der Waals surface area contributed by atoms with Crippen LogP contribution in [0.1, 0.15) is 42.7 Å². The third kappa shape index (κ3) is 1.67. The Bertz CT molecular complexity index is 335. The predicted octanol–water partition coefficient (Wildman–Crippen LogP) is 3.28. The quantitative estimate of drug-likeness (QED) is 0.755. The van der Waals surface area contributed by atoms with E-state index in [2.05, 4.69) is 19.1 Å². The number of benzene rings is 1. The van der Waals surface area contributed by atoms with Gasteiger partial charge in [-0.15, -0.1) is 0 Å². The van der Waals surface area contributed by atoms with E-state index in [1.165, 1.54) is 24.0 Å². The smallest absolute Gasteiger partial charge is 0.0409 e. The molecular formula is C12H16ClN. The van der Waals surface area contributed by atoms with Crippen molar-refractivity contribution in [3.05, 3.63) is 34.3 Å². The van der Waals surface area contributed by atoms with Crippen LogP contribution in [0.4, 0.5) is 0 Å². The summed E-state index contributed by atoms with van der Waals surface area (Å²) >= 11 is 6.01. The average molecular weight is 210 g/mol. The average Bonchev–Trinajstić information content (AvgIpc) is 2.18. The van der Waals surface area contributed by atoms with E-state index >= 15 is 0 Å². The molecule has 1 nitrogen and oxygen atoms in total. The Balaban J connectivity index is 2.46. The maximum atomic E-state index is 6.01. The molecule has 0 saturated carbocycles. The fourth-order valence-corrected chi connectivity index (χ4v) is 2.54. The van der Waals surface area contributed by atoms with Gasteiger partial charge in [0.2, 0.25) is 0 Å². The van der Waals surface area contributed by atoms with Crippen molar-refractivity contribution in [3.8, 4) is 0 Å². The molecule has 0 heterocycles. The van der Waals surface area contributed by atoms with Gasteiger partial charge in [-0.1, -0.05) is 24.6 Å². The summed E-state index contributed by atoms with van der Waals surface area (Å²) < 4.78 is 0. The summed E-state index contributed by atoms with van der Waals surface area (Å²) in [6.07, 6.45) is 2.45. The zero-order valence-electron chi connectivity index (χ0n) is 8.46. The molecule has 0 aromatic heterocycles. The molecule has 0 amide bonds. The van der Waals surface area contributed by atoms with E-state index in [4.69, 9.17) is 17.3 Å². The van der Waals surface area contributed by atoms with Crippen molar-refractivity contribution in [3.63, 3.8) is 0 Å². The van der Waals surface area contributed by atoms with E-state index in [0.717, 1.165) is 11.6 Å². The van der Waals surface area contributed by atoms with Crippen LogP contribution in [0.2, 0.25) is 5.02 Å². The number of halogens is 1. The highest BCUT2D eigenvalue weighted by Crippen LogP contribution is 2.38. The van der Waals surface area contributed by atoms with Crippen LogP contribution in [0.5, 0.6) is 0 Å². The van der Waals surface area contributed by atoms with Crippen molar-refractivity contribution >= 4 is 11.6 Å². The Hall–Kier alpha value is -0.530. The summed E-state index contributed by atoms with van der Waals surface area (Å²) in [5.41, 5.74) is 8.59. The molecule has 0 fully saturated rings. The highest BCUT2D eigenvalue weighted by molar-refractivity contribution is 6.30. The van der Waals surface area contributed by atoms with Gasteiger partial charge in [-0.25, -0.2) is 0 Å². The van der Waals surface area contributed by atoms with Crippen molar-refractivity contribution in [1.29, 1.82) is 0 Å². The van der Waals surface area contributed by atoms with Crippen LogP contribution in [0.25, 0.3) is 0 Å². The minimum Gasteiger partial charge on any atom is -0.330 e. The van der Waals surface area contributed by atoms with Gasteiger partial charge >= 0.3 is 0 Å². The number of hydrogen-bond acceptors (Lipinski definition) is 1. The van der Waals surface area contributed by atoms with E-state index < -0.39 is 0 Å². The van der Waals surface area contributed by atoms with E-state index in [1.807, 2.05) is 6.07 Å². The molecule has 0 aliphatic heterocycles. The van der Waals surface area contributed by atoms with E-state index in [9.17, 15) is 0 Å². The Morgan fingerprint density at radius 1 is 1.36 bits per heavy atom. The van der Waals surface area contributed by atoms with Crippen LogP contribution in [0.3, 0.4) is 0 Å². The molecule has 0 radical (unpaired) electrons. The second kappa shape index (κ2) is 3.92. The molecule has 2 rings (SSSR count). The fourth-order valence-electron chi connectivity index (χ4n) is 2.35. The lowest BCUT2D eigenvalue weighted by atomic mass is 9.77. The molecule has 1 aromatic carbocycles. The van der Waals surface area contributed by atoms with Gasteiger partial charge in [0.25, 0.3) is 0 Å². The third-order valence-corrected chi connectivity index (χ3v) is 3.49. The van der Waals surface area contributed by atoms with Gasteiger partial charge < -0.3 is 5.73 Å². The Labute approximate surface area is 90.3 Å². The van der Waals surface area contributed by atoms with Crippen molar-refractivity contribution in [1.82, 2.24) is 0 Å². The van der Waals surface area contributed by atoms with E-state index in [1.54, 1.807) is 0 Å².